The zero-order chi connectivity index (χ0) is 14.8. The van der Waals surface area contributed by atoms with Crippen molar-refractivity contribution < 1.29 is 4.74 Å². The molecule has 0 fully saturated rings. The third-order valence-corrected chi connectivity index (χ3v) is 3.75. The second-order valence-corrected chi connectivity index (χ2v) is 5.26. The largest absolute Gasteiger partial charge is 0.496 e. The van der Waals surface area contributed by atoms with E-state index >= 15 is 0 Å². The number of pyridine rings is 1. The van der Waals surface area contributed by atoms with Crippen molar-refractivity contribution in [2.45, 2.75) is 6.04 Å². The van der Waals surface area contributed by atoms with E-state index in [-0.39, 0.29) is 6.04 Å². The maximum absolute atomic E-state index is 6.39. The van der Waals surface area contributed by atoms with E-state index in [1.54, 1.807) is 19.4 Å². The number of methoxy groups -OCH3 is 1. The number of hydrogen-bond acceptors (Lipinski definition) is 3. The van der Waals surface area contributed by atoms with Crippen LogP contribution in [0.25, 0.3) is 10.9 Å². The van der Waals surface area contributed by atoms with Gasteiger partial charge in [0.2, 0.25) is 0 Å². The maximum atomic E-state index is 6.39. The Kier molecular flexibility index (Phi) is 3.78. The minimum Gasteiger partial charge on any atom is -0.496 e. The summed E-state index contributed by atoms with van der Waals surface area (Å²) in [6.07, 6.45) is 1.78. The zero-order valence-corrected chi connectivity index (χ0v) is 12.3. The molecule has 0 radical (unpaired) electrons. The molecular formula is C17H15ClN2O. The van der Waals surface area contributed by atoms with Crippen molar-refractivity contribution in [1.29, 1.82) is 0 Å². The SMILES string of the molecule is COc1ccc(Cl)cc1C(N)c1ccc2ncccc2c1. The molecule has 0 saturated heterocycles. The standard InChI is InChI=1S/C17H15ClN2O/c1-21-16-7-5-13(18)10-14(16)17(19)12-4-6-15-11(9-12)3-2-8-20-15/h2-10,17H,19H2,1H3. The molecule has 1 unspecified atom stereocenters. The number of halogens is 1. The molecule has 1 atom stereocenters. The van der Waals surface area contributed by atoms with Crippen LogP contribution in [0.5, 0.6) is 5.75 Å². The number of nitrogens with zero attached hydrogens (tertiary/aromatic N) is 1. The minimum atomic E-state index is -0.303. The first kappa shape index (κ1) is 13.9. The van der Waals surface area contributed by atoms with Crippen LogP contribution in [0.3, 0.4) is 0 Å². The molecule has 0 aliphatic carbocycles. The predicted octanol–water partition coefficient (Wildman–Crippen LogP) is 3.94. The fraction of sp³-hybridized carbons (Fsp3) is 0.118. The fourth-order valence-corrected chi connectivity index (χ4v) is 2.60. The van der Waals surface area contributed by atoms with Crippen molar-refractivity contribution in [2.75, 3.05) is 7.11 Å². The lowest BCUT2D eigenvalue weighted by Crippen LogP contribution is -2.13. The number of ether oxygens (including phenoxy) is 1. The van der Waals surface area contributed by atoms with Gasteiger partial charge in [-0.3, -0.25) is 4.98 Å². The summed E-state index contributed by atoms with van der Waals surface area (Å²) in [6, 6.07) is 15.1. The van der Waals surface area contributed by atoms with E-state index < -0.39 is 0 Å². The average molecular weight is 299 g/mol. The van der Waals surface area contributed by atoms with Gasteiger partial charge in [-0.15, -0.1) is 0 Å². The van der Waals surface area contributed by atoms with Crippen LogP contribution < -0.4 is 10.5 Å². The molecule has 0 saturated carbocycles. The second-order valence-electron chi connectivity index (χ2n) is 4.82. The molecule has 4 heteroatoms. The van der Waals surface area contributed by atoms with Gasteiger partial charge < -0.3 is 10.5 Å². The Labute approximate surface area is 128 Å². The van der Waals surface area contributed by atoms with Gasteiger partial charge in [0, 0.05) is 22.2 Å². The first-order chi connectivity index (χ1) is 10.2. The molecule has 2 N–H and O–H groups in total. The average Bonchev–Trinajstić information content (AvgIpc) is 2.53. The van der Waals surface area contributed by atoms with Gasteiger partial charge in [0.25, 0.3) is 0 Å². The summed E-state index contributed by atoms with van der Waals surface area (Å²) in [5.74, 6) is 0.734. The van der Waals surface area contributed by atoms with Gasteiger partial charge >= 0.3 is 0 Å². The van der Waals surface area contributed by atoms with Crippen molar-refractivity contribution in [2.24, 2.45) is 5.73 Å². The Morgan fingerprint density at radius 2 is 2.00 bits per heavy atom. The lowest BCUT2D eigenvalue weighted by molar-refractivity contribution is 0.408. The number of rotatable bonds is 3. The van der Waals surface area contributed by atoms with Crippen LogP contribution in [0.1, 0.15) is 17.2 Å². The molecule has 21 heavy (non-hydrogen) atoms. The first-order valence-corrected chi connectivity index (χ1v) is 7.00. The van der Waals surface area contributed by atoms with Gasteiger partial charge in [-0.1, -0.05) is 23.7 Å². The summed E-state index contributed by atoms with van der Waals surface area (Å²) < 4.78 is 5.38. The summed E-state index contributed by atoms with van der Waals surface area (Å²) in [4.78, 5) is 4.32. The molecule has 0 aliphatic rings. The molecule has 0 spiro atoms. The number of nitrogens with two attached hydrogens (primary N) is 1. The first-order valence-electron chi connectivity index (χ1n) is 6.63. The summed E-state index contributed by atoms with van der Waals surface area (Å²) in [5, 5.41) is 1.70. The van der Waals surface area contributed by atoms with Crippen molar-refractivity contribution in [3.63, 3.8) is 0 Å². The van der Waals surface area contributed by atoms with E-state index in [2.05, 4.69) is 4.98 Å². The van der Waals surface area contributed by atoms with Gasteiger partial charge in [0.15, 0.2) is 0 Å². The summed E-state index contributed by atoms with van der Waals surface area (Å²) in [6.45, 7) is 0. The van der Waals surface area contributed by atoms with E-state index in [0.717, 1.165) is 27.8 Å². The van der Waals surface area contributed by atoms with E-state index in [1.165, 1.54) is 0 Å². The van der Waals surface area contributed by atoms with Crippen LogP contribution in [0, 0.1) is 0 Å². The molecule has 0 bridgehead atoms. The van der Waals surface area contributed by atoms with E-state index in [9.17, 15) is 0 Å². The van der Waals surface area contributed by atoms with Crippen LogP contribution in [0.4, 0.5) is 0 Å². The Balaban J connectivity index is 2.07. The molecule has 3 nitrogen and oxygen atoms in total. The second kappa shape index (κ2) is 5.72. The van der Waals surface area contributed by atoms with Crippen LogP contribution in [-0.2, 0) is 0 Å². The monoisotopic (exact) mass is 298 g/mol. The number of benzene rings is 2. The summed E-state index contributed by atoms with van der Waals surface area (Å²) in [7, 11) is 1.63. The third-order valence-electron chi connectivity index (χ3n) is 3.51. The summed E-state index contributed by atoms with van der Waals surface area (Å²) in [5.41, 5.74) is 9.21. The van der Waals surface area contributed by atoms with Crippen LogP contribution in [-0.4, -0.2) is 12.1 Å². The lowest BCUT2D eigenvalue weighted by atomic mass is 9.97. The van der Waals surface area contributed by atoms with Crippen molar-refractivity contribution in [1.82, 2.24) is 4.98 Å². The van der Waals surface area contributed by atoms with E-state index in [4.69, 9.17) is 22.1 Å². The fourth-order valence-electron chi connectivity index (χ4n) is 2.42. The molecule has 1 heterocycles. The van der Waals surface area contributed by atoms with Gasteiger partial charge in [-0.25, -0.2) is 0 Å². The highest BCUT2D eigenvalue weighted by Gasteiger charge is 2.15. The van der Waals surface area contributed by atoms with E-state index in [0.29, 0.717) is 5.02 Å². The maximum Gasteiger partial charge on any atom is 0.124 e. The van der Waals surface area contributed by atoms with Crippen molar-refractivity contribution in [3.8, 4) is 5.75 Å². The Hall–Kier alpha value is -2.10. The van der Waals surface area contributed by atoms with E-state index in [1.807, 2.05) is 42.5 Å². The van der Waals surface area contributed by atoms with Crippen LogP contribution >= 0.6 is 11.6 Å². The minimum absolute atomic E-state index is 0.303. The number of hydrogen-bond donors (Lipinski definition) is 1. The van der Waals surface area contributed by atoms with Crippen LogP contribution in [0.15, 0.2) is 54.7 Å². The number of fused-ring (bicyclic) bond motifs is 1. The van der Waals surface area contributed by atoms with Crippen molar-refractivity contribution >= 4 is 22.5 Å². The highest BCUT2D eigenvalue weighted by atomic mass is 35.5. The predicted molar refractivity (Wildman–Crippen MR) is 85.8 cm³/mol. The van der Waals surface area contributed by atoms with Gasteiger partial charge in [-0.2, -0.15) is 0 Å². The Morgan fingerprint density at radius 1 is 1.14 bits per heavy atom. The highest BCUT2D eigenvalue weighted by Crippen LogP contribution is 2.31. The van der Waals surface area contributed by atoms with Gasteiger partial charge in [-0.05, 0) is 42.0 Å². The molecule has 3 aromatic rings. The zero-order valence-electron chi connectivity index (χ0n) is 11.6. The molecule has 3 rings (SSSR count). The smallest absolute Gasteiger partial charge is 0.124 e. The van der Waals surface area contributed by atoms with Crippen LogP contribution in [0.2, 0.25) is 5.02 Å². The molecule has 106 valence electrons. The normalized spacial score (nSPS) is 12.3. The molecule has 0 aliphatic heterocycles. The Morgan fingerprint density at radius 3 is 2.81 bits per heavy atom. The van der Waals surface area contributed by atoms with Crippen molar-refractivity contribution in [3.05, 3.63) is 70.9 Å². The van der Waals surface area contributed by atoms with Gasteiger partial charge in [0.1, 0.15) is 5.75 Å². The summed E-state index contributed by atoms with van der Waals surface area (Å²) >= 11 is 6.08. The molecule has 2 aromatic carbocycles. The Bertz CT molecular complexity index is 789. The van der Waals surface area contributed by atoms with Gasteiger partial charge in [0.05, 0.1) is 18.7 Å². The topological polar surface area (TPSA) is 48.1 Å². The third kappa shape index (κ3) is 2.71. The number of aromatic nitrogens is 1. The molecule has 0 amide bonds. The molecular weight excluding hydrogens is 284 g/mol. The molecule has 1 aromatic heterocycles. The lowest BCUT2D eigenvalue weighted by Gasteiger charge is -2.17. The quantitative estimate of drug-likeness (QED) is 0.796. The highest BCUT2D eigenvalue weighted by molar-refractivity contribution is 6.30.